The van der Waals surface area contributed by atoms with Gasteiger partial charge < -0.3 is 24.6 Å². The van der Waals surface area contributed by atoms with Crippen molar-refractivity contribution in [3.63, 3.8) is 0 Å². The van der Waals surface area contributed by atoms with Crippen molar-refractivity contribution in [1.29, 1.82) is 0 Å². The Balaban J connectivity index is 1.20. The third-order valence-corrected chi connectivity index (χ3v) is 7.46. The molecule has 0 saturated carbocycles. The Morgan fingerprint density at radius 1 is 1.05 bits per heavy atom. The van der Waals surface area contributed by atoms with Crippen LogP contribution in [-0.2, 0) is 18.3 Å². The molecular weight excluding hydrogens is 496 g/mol. The Kier molecular flexibility index (Phi) is 7.31. The monoisotopic (exact) mass is 533 g/mol. The van der Waals surface area contributed by atoms with Crippen LogP contribution < -0.4 is 19.5 Å². The molecule has 0 bridgehead atoms. The second-order valence-corrected chi connectivity index (χ2v) is 10.3. The highest BCUT2D eigenvalue weighted by molar-refractivity contribution is 5.68. The van der Waals surface area contributed by atoms with E-state index in [1.54, 1.807) is 7.11 Å². The predicted molar refractivity (Wildman–Crippen MR) is 149 cm³/mol. The highest BCUT2D eigenvalue weighted by atomic mass is 16.5. The summed E-state index contributed by atoms with van der Waals surface area (Å²) in [4.78, 5) is 11.9. The van der Waals surface area contributed by atoms with E-state index in [2.05, 4.69) is 50.5 Å². The average Bonchev–Trinajstić information content (AvgIpc) is 3.59. The lowest BCUT2D eigenvalue weighted by Gasteiger charge is -2.34. The fourth-order valence-corrected chi connectivity index (χ4v) is 5.18. The zero-order valence-electron chi connectivity index (χ0n) is 23.0. The number of methoxy groups -OCH3 is 1. The van der Waals surface area contributed by atoms with Gasteiger partial charge in [-0.3, -0.25) is 9.58 Å². The Morgan fingerprint density at radius 2 is 1.87 bits per heavy atom. The molecule has 1 N–H and O–H groups in total. The number of hydrogen-bond acceptors (Lipinski definition) is 9. The van der Waals surface area contributed by atoms with Crippen molar-refractivity contribution in [2.45, 2.75) is 6.54 Å². The Labute approximate surface area is 228 Å². The van der Waals surface area contributed by atoms with Crippen LogP contribution >= 0.6 is 0 Å². The second kappa shape index (κ2) is 11.2. The van der Waals surface area contributed by atoms with Crippen LogP contribution in [0.25, 0.3) is 16.9 Å². The molecule has 206 valence electrons. The number of fused-ring (bicyclic) bond motifs is 1. The van der Waals surface area contributed by atoms with Crippen LogP contribution in [0.5, 0.6) is 5.75 Å². The number of benzene rings is 1. The van der Waals surface area contributed by atoms with E-state index >= 15 is 0 Å². The van der Waals surface area contributed by atoms with Gasteiger partial charge in [0.15, 0.2) is 6.20 Å². The standard InChI is InChI=1S/C27H37N10O2/c1-32-6-9-35(10-7-32)23-5-4-22(16-25(23)38-3)29-27-30-26-20-33(2)19-24(37(26)31-27)21-17-28-36(18-21)11-8-34-12-14-39-15-13-34/h4-5,16-20H,6-15H2,1-3H3,(H,29,30,31)/q+1. The van der Waals surface area contributed by atoms with Crippen LogP contribution in [0.2, 0.25) is 0 Å². The molecule has 0 radical (unpaired) electrons. The summed E-state index contributed by atoms with van der Waals surface area (Å²) in [5.41, 5.74) is 4.66. The fourth-order valence-electron chi connectivity index (χ4n) is 5.18. The van der Waals surface area contributed by atoms with Crippen molar-refractivity contribution < 1.29 is 14.0 Å². The lowest BCUT2D eigenvalue weighted by molar-refractivity contribution is -0.670. The SMILES string of the molecule is COc1cc(Nc2nc3c[n+](C)cc(-c4cnn(CCN5CCOCC5)c4)n3n2)ccc1N1CCN(C)CC1. The van der Waals surface area contributed by atoms with Gasteiger partial charge in [-0.05, 0) is 19.2 Å². The number of likely N-dealkylation sites (N-methyl/N-ethyl adjacent to an activating group) is 1. The number of nitrogens with one attached hydrogen (secondary N) is 1. The van der Waals surface area contributed by atoms with Gasteiger partial charge in [0.05, 0.1) is 38.8 Å². The second-order valence-electron chi connectivity index (χ2n) is 10.3. The maximum Gasteiger partial charge on any atom is 0.247 e. The molecule has 39 heavy (non-hydrogen) atoms. The molecule has 2 fully saturated rings. The number of morpholine rings is 1. The zero-order chi connectivity index (χ0) is 26.8. The van der Waals surface area contributed by atoms with Crippen molar-refractivity contribution in [2.75, 3.05) is 83.4 Å². The quantitative estimate of drug-likeness (QED) is 0.336. The van der Waals surface area contributed by atoms with Gasteiger partial charge in [0.2, 0.25) is 17.8 Å². The molecule has 0 amide bonds. The van der Waals surface area contributed by atoms with Crippen molar-refractivity contribution in [1.82, 2.24) is 34.2 Å². The molecule has 2 aliphatic heterocycles. The van der Waals surface area contributed by atoms with Crippen LogP contribution in [0.3, 0.4) is 0 Å². The van der Waals surface area contributed by atoms with E-state index in [1.807, 2.05) is 45.5 Å². The molecule has 6 rings (SSSR count). The number of nitrogens with zero attached hydrogens (tertiary/aromatic N) is 9. The Hall–Kier alpha value is -3.74. The van der Waals surface area contributed by atoms with Gasteiger partial charge in [-0.15, -0.1) is 5.10 Å². The van der Waals surface area contributed by atoms with Gasteiger partial charge in [0, 0.05) is 69.3 Å². The lowest BCUT2D eigenvalue weighted by atomic mass is 10.2. The topological polar surface area (TPSA) is 92.1 Å². The summed E-state index contributed by atoms with van der Waals surface area (Å²) in [6.45, 7) is 9.40. The summed E-state index contributed by atoms with van der Waals surface area (Å²) < 4.78 is 17.1. The van der Waals surface area contributed by atoms with Crippen molar-refractivity contribution in [2.24, 2.45) is 7.05 Å². The summed E-state index contributed by atoms with van der Waals surface area (Å²) in [6, 6.07) is 6.18. The third-order valence-electron chi connectivity index (χ3n) is 7.46. The normalized spacial score (nSPS) is 17.2. The highest BCUT2D eigenvalue weighted by Gasteiger charge is 2.20. The van der Waals surface area contributed by atoms with Crippen LogP contribution in [0.1, 0.15) is 0 Å². The summed E-state index contributed by atoms with van der Waals surface area (Å²) in [5.74, 6) is 1.36. The van der Waals surface area contributed by atoms with E-state index in [9.17, 15) is 0 Å². The zero-order valence-corrected chi connectivity index (χ0v) is 23.0. The minimum absolute atomic E-state index is 0.525. The average molecular weight is 534 g/mol. The lowest BCUT2D eigenvalue weighted by Crippen LogP contribution is -2.44. The van der Waals surface area contributed by atoms with Gasteiger partial charge in [0.25, 0.3) is 0 Å². The molecule has 5 heterocycles. The Bertz CT molecular complexity index is 1420. The van der Waals surface area contributed by atoms with Crippen molar-refractivity contribution in [3.05, 3.63) is 43.0 Å². The third kappa shape index (κ3) is 5.68. The first-order valence-electron chi connectivity index (χ1n) is 13.5. The first-order chi connectivity index (χ1) is 19.1. The molecule has 12 nitrogen and oxygen atoms in total. The number of rotatable bonds is 8. The smallest absolute Gasteiger partial charge is 0.247 e. The predicted octanol–water partition coefficient (Wildman–Crippen LogP) is 1.25. The minimum Gasteiger partial charge on any atom is -0.495 e. The van der Waals surface area contributed by atoms with Crippen LogP contribution in [0.4, 0.5) is 17.3 Å². The molecular formula is C27H37N10O2+. The molecule has 0 unspecified atom stereocenters. The summed E-state index contributed by atoms with van der Waals surface area (Å²) >= 11 is 0. The number of aryl methyl sites for hydroxylation is 1. The van der Waals surface area contributed by atoms with E-state index in [1.165, 1.54) is 0 Å². The van der Waals surface area contributed by atoms with E-state index in [0.29, 0.717) is 5.95 Å². The van der Waals surface area contributed by atoms with Gasteiger partial charge in [0.1, 0.15) is 18.5 Å². The van der Waals surface area contributed by atoms with Gasteiger partial charge in [-0.25, -0.2) is 4.57 Å². The summed E-state index contributed by atoms with van der Waals surface area (Å²) in [7, 11) is 5.87. The van der Waals surface area contributed by atoms with Gasteiger partial charge in [-0.2, -0.15) is 14.6 Å². The van der Waals surface area contributed by atoms with Crippen molar-refractivity contribution in [3.8, 4) is 17.0 Å². The number of hydrogen-bond donors (Lipinski definition) is 1. The van der Waals surface area contributed by atoms with Gasteiger partial charge >= 0.3 is 0 Å². The van der Waals surface area contributed by atoms with Crippen molar-refractivity contribution >= 4 is 23.0 Å². The first kappa shape index (κ1) is 25.5. The summed E-state index contributed by atoms with van der Waals surface area (Å²) in [6.07, 6.45) is 7.97. The maximum absolute atomic E-state index is 5.75. The van der Waals surface area contributed by atoms with Crippen LogP contribution in [0.15, 0.2) is 43.0 Å². The highest BCUT2D eigenvalue weighted by Crippen LogP contribution is 2.33. The van der Waals surface area contributed by atoms with Crippen LogP contribution in [0, 0.1) is 0 Å². The van der Waals surface area contributed by atoms with E-state index < -0.39 is 0 Å². The molecule has 0 aliphatic carbocycles. The molecule has 2 aliphatic rings. The van der Waals surface area contributed by atoms with Gasteiger partial charge in [-0.1, -0.05) is 0 Å². The van der Waals surface area contributed by atoms with E-state index in [-0.39, 0.29) is 0 Å². The number of aromatic nitrogens is 6. The molecule has 12 heteroatoms. The number of piperazine rings is 1. The number of ether oxygens (including phenoxy) is 2. The molecule has 1 aromatic carbocycles. The van der Waals surface area contributed by atoms with E-state index in [0.717, 1.165) is 99.6 Å². The molecule has 3 aromatic heterocycles. The maximum atomic E-state index is 5.75. The van der Waals surface area contributed by atoms with Crippen LogP contribution in [-0.4, -0.2) is 107 Å². The van der Waals surface area contributed by atoms with E-state index in [4.69, 9.17) is 19.6 Å². The largest absolute Gasteiger partial charge is 0.495 e. The first-order valence-corrected chi connectivity index (χ1v) is 13.5. The Morgan fingerprint density at radius 3 is 2.67 bits per heavy atom. The molecule has 0 spiro atoms. The minimum atomic E-state index is 0.525. The molecule has 0 atom stereocenters. The number of anilines is 3. The molecule has 2 saturated heterocycles. The molecule has 4 aromatic rings. The fraction of sp³-hybridized carbons (Fsp3) is 0.481. The summed E-state index contributed by atoms with van der Waals surface area (Å²) in [5, 5.41) is 12.8.